The number of carboxylic acids is 1. The fourth-order valence-corrected chi connectivity index (χ4v) is 2.64. The Kier molecular flexibility index (Phi) is 12.8. The number of hydrogen-bond donors (Lipinski definition) is 8. The first-order valence-electron chi connectivity index (χ1n) is 9.95. The van der Waals surface area contributed by atoms with Crippen LogP contribution in [0.1, 0.15) is 40.0 Å². The first kappa shape index (κ1) is 28.1. The van der Waals surface area contributed by atoms with E-state index in [0.29, 0.717) is 6.42 Å². The highest BCUT2D eigenvalue weighted by atomic mass is 16.4. The van der Waals surface area contributed by atoms with Crippen LogP contribution in [0.25, 0.3) is 0 Å². The summed E-state index contributed by atoms with van der Waals surface area (Å²) in [6, 6.07) is -3.62. The minimum absolute atomic E-state index is 0.0233. The molecule has 3 amide bonds. The zero-order valence-electron chi connectivity index (χ0n) is 18.1. The molecule has 0 saturated carbocycles. The Morgan fingerprint density at radius 3 is 2.00 bits per heavy atom. The standard InChI is InChI=1S/C18H35N7O6/c1-9(2)7-12(24-16(29)14(10(3)26)25-13(27)8-19)15(28)23-11(17(30)31)5-4-6-22-18(20)21/h9-12,14,26H,4-8,19H2,1-3H3,(H,23,28)(H,24,29)(H,25,27)(H,30,31)(H4,20,21,22). The number of carbonyl (C=O) groups is 4. The third-order valence-corrected chi connectivity index (χ3v) is 4.17. The van der Waals surface area contributed by atoms with E-state index in [-0.39, 0.29) is 37.8 Å². The summed E-state index contributed by atoms with van der Waals surface area (Å²) in [7, 11) is 0. The second-order valence-electron chi connectivity index (χ2n) is 7.53. The summed E-state index contributed by atoms with van der Waals surface area (Å²) in [4.78, 5) is 52.1. The van der Waals surface area contributed by atoms with Gasteiger partial charge in [-0.1, -0.05) is 13.8 Å². The second kappa shape index (κ2) is 14.1. The average Bonchev–Trinajstić information content (AvgIpc) is 2.66. The van der Waals surface area contributed by atoms with Crippen molar-refractivity contribution >= 4 is 29.7 Å². The van der Waals surface area contributed by atoms with Gasteiger partial charge in [0.05, 0.1) is 12.6 Å². The van der Waals surface area contributed by atoms with Gasteiger partial charge in [-0.2, -0.15) is 0 Å². The number of nitrogens with two attached hydrogens (primary N) is 3. The summed E-state index contributed by atoms with van der Waals surface area (Å²) in [5, 5.41) is 26.4. The summed E-state index contributed by atoms with van der Waals surface area (Å²) in [5.74, 6) is -3.54. The van der Waals surface area contributed by atoms with Crippen LogP contribution in [0, 0.1) is 5.92 Å². The number of amides is 3. The van der Waals surface area contributed by atoms with Crippen LogP contribution in [0.4, 0.5) is 0 Å². The normalized spacial score (nSPS) is 14.6. The molecule has 0 bridgehead atoms. The number of guanidine groups is 1. The number of aliphatic carboxylic acids is 1. The molecule has 31 heavy (non-hydrogen) atoms. The van der Waals surface area contributed by atoms with Crippen molar-refractivity contribution in [3.8, 4) is 0 Å². The third kappa shape index (κ3) is 11.7. The topological polar surface area (TPSA) is 235 Å². The van der Waals surface area contributed by atoms with Crippen LogP contribution in [0.5, 0.6) is 0 Å². The Morgan fingerprint density at radius 2 is 1.55 bits per heavy atom. The van der Waals surface area contributed by atoms with Crippen LogP contribution in [0.2, 0.25) is 0 Å². The molecule has 4 unspecified atom stereocenters. The fraction of sp³-hybridized carbons (Fsp3) is 0.722. The number of aliphatic hydroxyl groups excluding tert-OH is 1. The van der Waals surface area contributed by atoms with Gasteiger partial charge in [-0.15, -0.1) is 0 Å². The molecule has 13 nitrogen and oxygen atoms in total. The lowest BCUT2D eigenvalue weighted by molar-refractivity contribution is -0.142. The molecule has 0 aliphatic heterocycles. The largest absolute Gasteiger partial charge is 0.480 e. The molecule has 0 heterocycles. The average molecular weight is 446 g/mol. The van der Waals surface area contributed by atoms with Gasteiger partial charge < -0.3 is 43.4 Å². The predicted octanol–water partition coefficient (Wildman–Crippen LogP) is -3.04. The van der Waals surface area contributed by atoms with Gasteiger partial charge in [-0.05, 0) is 32.1 Å². The van der Waals surface area contributed by atoms with Crippen molar-refractivity contribution in [2.24, 2.45) is 28.1 Å². The van der Waals surface area contributed by atoms with E-state index in [1.165, 1.54) is 6.92 Å². The van der Waals surface area contributed by atoms with Gasteiger partial charge >= 0.3 is 5.97 Å². The molecule has 13 heteroatoms. The van der Waals surface area contributed by atoms with Crippen molar-refractivity contribution in [3.05, 3.63) is 0 Å². The molecule has 0 radical (unpaired) electrons. The van der Waals surface area contributed by atoms with Crippen LogP contribution >= 0.6 is 0 Å². The molecular formula is C18H35N7O6. The summed E-state index contributed by atoms with van der Waals surface area (Å²) >= 11 is 0. The van der Waals surface area contributed by atoms with Crippen LogP contribution in [0.15, 0.2) is 4.99 Å². The van der Waals surface area contributed by atoms with Crippen molar-refractivity contribution in [1.29, 1.82) is 0 Å². The summed E-state index contributed by atoms with van der Waals surface area (Å²) in [6.07, 6.45) is -0.662. The summed E-state index contributed by atoms with van der Waals surface area (Å²) in [6.45, 7) is 4.75. The Hall–Kier alpha value is -2.93. The molecule has 0 aromatic rings. The van der Waals surface area contributed by atoms with E-state index in [0.717, 1.165) is 0 Å². The van der Waals surface area contributed by atoms with Gasteiger partial charge in [0, 0.05) is 6.54 Å². The lowest BCUT2D eigenvalue weighted by Gasteiger charge is -2.26. The molecular weight excluding hydrogens is 410 g/mol. The van der Waals surface area contributed by atoms with E-state index < -0.39 is 47.9 Å². The first-order chi connectivity index (χ1) is 14.4. The maximum Gasteiger partial charge on any atom is 0.326 e. The van der Waals surface area contributed by atoms with E-state index in [1.807, 2.05) is 13.8 Å². The Bertz CT molecular complexity index is 649. The van der Waals surface area contributed by atoms with Crippen LogP contribution in [-0.4, -0.2) is 77.2 Å². The maximum atomic E-state index is 12.7. The molecule has 0 rings (SSSR count). The van der Waals surface area contributed by atoms with Crippen LogP contribution in [-0.2, 0) is 19.2 Å². The quantitative estimate of drug-likeness (QED) is 0.0769. The van der Waals surface area contributed by atoms with Gasteiger partial charge in [0.25, 0.3) is 0 Å². The highest BCUT2D eigenvalue weighted by molar-refractivity contribution is 5.93. The molecule has 0 aliphatic rings. The molecule has 178 valence electrons. The minimum Gasteiger partial charge on any atom is -0.480 e. The monoisotopic (exact) mass is 445 g/mol. The van der Waals surface area contributed by atoms with Crippen LogP contribution < -0.4 is 33.2 Å². The predicted molar refractivity (Wildman–Crippen MR) is 114 cm³/mol. The number of rotatable bonds is 14. The van der Waals surface area contributed by atoms with Crippen molar-refractivity contribution in [3.63, 3.8) is 0 Å². The van der Waals surface area contributed by atoms with Crippen molar-refractivity contribution in [2.45, 2.75) is 64.3 Å². The molecule has 0 saturated heterocycles. The number of nitrogens with one attached hydrogen (secondary N) is 3. The SMILES string of the molecule is CC(C)CC(NC(=O)C(NC(=O)CN)C(C)O)C(=O)NC(CCCN=C(N)N)C(=O)O. The molecule has 0 aromatic carbocycles. The second-order valence-corrected chi connectivity index (χ2v) is 7.53. The lowest BCUT2D eigenvalue weighted by atomic mass is 10.0. The van der Waals surface area contributed by atoms with Crippen molar-refractivity contribution in [1.82, 2.24) is 16.0 Å². The minimum atomic E-state index is -1.33. The summed E-state index contributed by atoms with van der Waals surface area (Å²) in [5.41, 5.74) is 15.7. The molecule has 11 N–H and O–H groups in total. The Balaban J connectivity index is 5.26. The molecule has 0 aromatic heterocycles. The number of hydrogen-bond acceptors (Lipinski definition) is 7. The number of aliphatic hydroxyl groups is 1. The number of carboxylic acid groups (broad SMARTS) is 1. The van der Waals surface area contributed by atoms with E-state index in [4.69, 9.17) is 17.2 Å². The molecule has 0 fully saturated rings. The van der Waals surface area contributed by atoms with Crippen molar-refractivity contribution < 1.29 is 29.4 Å². The Labute approximate surface area is 181 Å². The maximum absolute atomic E-state index is 12.7. The highest BCUT2D eigenvalue weighted by Gasteiger charge is 2.31. The smallest absolute Gasteiger partial charge is 0.326 e. The first-order valence-corrected chi connectivity index (χ1v) is 9.95. The number of carbonyl (C=O) groups excluding carboxylic acids is 3. The van der Waals surface area contributed by atoms with Gasteiger partial charge in [0.15, 0.2) is 5.96 Å². The lowest BCUT2D eigenvalue weighted by Crippen LogP contribution is -2.59. The zero-order valence-corrected chi connectivity index (χ0v) is 18.1. The Morgan fingerprint density at radius 1 is 0.968 bits per heavy atom. The molecule has 0 aliphatic carbocycles. The zero-order chi connectivity index (χ0) is 24.1. The van der Waals surface area contributed by atoms with Gasteiger partial charge in [0.2, 0.25) is 17.7 Å². The van der Waals surface area contributed by atoms with Crippen LogP contribution in [0.3, 0.4) is 0 Å². The van der Waals surface area contributed by atoms with E-state index in [2.05, 4.69) is 20.9 Å². The molecule has 0 spiro atoms. The fourth-order valence-electron chi connectivity index (χ4n) is 2.64. The van der Waals surface area contributed by atoms with Gasteiger partial charge in [-0.25, -0.2) is 4.79 Å². The highest BCUT2D eigenvalue weighted by Crippen LogP contribution is 2.08. The number of aliphatic imine (C=N–C) groups is 1. The van der Waals surface area contributed by atoms with Crippen molar-refractivity contribution in [2.75, 3.05) is 13.1 Å². The van der Waals surface area contributed by atoms with Gasteiger partial charge in [0.1, 0.15) is 18.1 Å². The third-order valence-electron chi connectivity index (χ3n) is 4.17. The summed E-state index contributed by atoms with van der Waals surface area (Å²) < 4.78 is 0. The van der Waals surface area contributed by atoms with E-state index >= 15 is 0 Å². The van der Waals surface area contributed by atoms with E-state index in [1.54, 1.807) is 0 Å². The number of nitrogens with zero attached hydrogens (tertiary/aromatic N) is 1. The molecule has 4 atom stereocenters. The van der Waals surface area contributed by atoms with E-state index in [9.17, 15) is 29.4 Å². The van der Waals surface area contributed by atoms with Gasteiger partial charge in [-0.3, -0.25) is 19.4 Å².